The second-order valence-electron chi connectivity index (χ2n) is 6.52. The fourth-order valence-electron chi connectivity index (χ4n) is 2.87. The van der Waals surface area contributed by atoms with Gasteiger partial charge in [-0.2, -0.15) is 0 Å². The number of rotatable bonds is 4. The highest BCUT2D eigenvalue weighted by atomic mass is 35.5. The summed E-state index contributed by atoms with van der Waals surface area (Å²) in [6.45, 7) is 1.81. The van der Waals surface area contributed by atoms with Crippen LogP contribution in [0.2, 0.25) is 5.02 Å². The molecule has 0 aliphatic carbocycles. The number of carbonyl (C=O) groups excluding carboxylic acids is 1. The van der Waals surface area contributed by atoms with Crippen molar-refractivity contribution >= 4 is 51.1 Å². The van der Waals surface area contributed by atoms with E-state index in [1.165, 1.54) is 17.8 Å². The van der Waals surface area contributed by atoms with E-state index in [1.54, 1.807) is 53.4 Å². The van der Waals surface area contributed by atoms with Crippen LogP contribution in [-0.4, -0.2) is 29.5 Å². The highest BCUT2D eigenvalue weighted by Crippen LogP contribution is 2.27. The van der Waals surface area contributed by atoms with Gasteiger partial charge in [-0.3, -0.25) is 14.7 Å². The molecule has 0 bridgehead atoms. The molecule has 6 nitrogen and oxygen atoms in total. The summed E-state index contributed by atoms with van der Waals surface area (Å²) in [6, 6.07) is 15.3. The van der Waals surface area contributed by atoms with Gasteiger partial charge >= 0.3 is 5.63 Å². The van der Waals surface area contributed by atoms with Crippen molar-refractivity contribution in [1.29, 1.82) is 0 Å². The second-order valence-corrected chi connectivity index (χ2v) is 7.94. The summed E-state index contributed by atoms with van der Waals surface area (Å²) in [5.74, 6) is 0.991. The van der Waals surface area contributed by atoms with Gasteiger partial charge in [0.05, 0.1) is 11.7 Å². The van der Waals surface area contributed by atoms with Crippen molar-refractivity contribution in [1.82, 2.24) is 0 Å². The van der Waals surface area contributed by atoms with Gasteiger partial charge in [-0.05, 0) is 49.4 Å². The predicted molar refractivity (Wildman–Crippen MR) is 116 cm³/mol. The Morgan fingerprint density at radius 1 is 1.24 bits per heavy atom. The number of benzene rings is 2. The summed E-state index contributed by atoms with van der Waals surface area (Å²) >= 11 is 7.51. The molecule has 1 aliphatic rings. The molecule has 0 saturated heterocycles. The number of amidine groups is 1. The molecule has 1 aromatic heterocycles. The lowest BCUT2D eigenvalue weighted by Gasteiger charge is -2.22. The first-order valence-corrected chi connectivity index (χ1v) is 10.3. The number of amides is 1. The van der Waals surface area contributed by atoms with Crippen LogP contribution in [0.4, 0.5) is 5.69 Å². The van der Waals surface area contributed by atoms with E-state index in [1.807, 2.05) is 6.92 Å². The molecule has 0 radical (unpaired) electrons. The normalized spacial score (nSPS) is 15.9. The Balaban J connectivity index is 1.56. The fraction of sp³-hybridized carbons (Fsp3) is 0.190. The van der Waals surface area contributed by atoms with Gasteiger partial charge in [0.1, 0.15) is 11.3 Å². The molecule has 0 unspecified atom stereocenters. The molecule has 0 N–H and O–H groups in total. The van der Waals surface area contributed by atoms with Crippen molar-refractivity contribution in [3.8, 4) is 5.75 Å². The number of hydrogen-bond acceptors (Lipinski definition) is 6. The maximum absolute atomic E-state index is 13.0. The van der Waals surface area contributed by atoms with Crippen molar-refractivity contribution < 1.29 is 13.9 Å². The lowest BCUT2D eigenvalue weighted by Crippen LogP contribution is -2.38. The molecular weight excluding hydrogens is 412 g/mol. The minimum absolute atomic E-state index is 0.141. The lowest BCUT2D eigenvalue weighted by atomic mass is 10.2. The van der Waals surface area contributed by atoms with E-state index in [0.29, 0.717) is 27.2 Å². The molecule has 0 saturated carbocycles. The number of fused-ring (bicyclic) bond motifs is 1. The third-order valence-electron chi connectivity index (χ3n) is 4.27. The minimum Gasteiger partial charge on any atom is -0.484 e. The topological polar surface area (TPSA) is 72.1 Å². The number of halogens is 1. The Kier molecular flexibility index (Phi) is 5.60. The van der Waals surface area contributed by atoms with Crippen LogP contribution in [-0.2, 0) is 4.79 Å². The summed E-state index contributed by atoms with van der Waals surface area (Å²) in [5, 5.41) is 2.00. The van der Waals surface area contributed by atoms with E-state index in [4.69, 9.17) is 20.8 Å². The molecular formula is C21H17ClN2O4S. The summed E-state index contributed by atoms with van der Waals surface area (Å²) in [7, 11) is 0. The Bertz CT molecular complexity index is 1140. The summed E-state index contributed by atoms with van der Waals surface area (Å²) < 4.78 is 10.8. The van der Waals surface area contributed by atoms with Gasteiger partial charge in [0.25, 0.3) is 5.91 Å². The van der Waals surface area contributed by atoms with Crippen molar-refractivity contribution in [2.45, 2.75) is 13.0 Å². The summed E-state index contributed by atoms with van der Waals surface area (Å²) in [4.78, 5) is 30.5. The van der Waals surface area contributed by atoms with E-state index >= 15 is 0 Å². The zero-order valence-electron chi connectivity index (χ0n) is 15.5. The molecule has 1 atom stereocenters. The second kappa shape index (κ2) is 8.31. The molecule has 148 valence electrons. The molecule has 3 aromatic rings. The Hall–Kier alpha value is -2.77. The van der Waals surface area contributed by atoms with Crippen LogP contribution in [0.15, 0.2) is 68.8 Å². The monoisotopic (exact) mass is 428 g/mol. The minimum atomic E-state index is -0.440. The molecule has 4 rings (SSSR count). The van der Waals surface area contributed by atoms with Crippen molar-refractivity contribution in [2.24, 2.45) is 4.99 Å². The maximum atomic E-state index is 13.0. The molecule has 1 amide bonds. The highest BCUT2D eigenvalue weighted by molar-refractivity contribution is 8.14. The van der Waals surface area contributed by atoms with Crippen molar-refractivity contribution in [2.75, 3.05) is 17.3 Å². The van der Waals surface area contributed by atoms with Gasteiger partial charge in [-0.15, -0.1) is 0 Å². The Morgan fingerprint density at radius 2 is 2.00 bits per heavy atom. The van der Waals surface area contributed by atoms with Crippen LogP contribution in [0.5, 0.6) is 5.75 Å². The Labute approximate surface area is 176 Å². The van der Waals surface area contributed by atoms with Crippen LogP contribution in [0.25, 0.3) is 11.0 Å². The first-order valence-electron chi connectivity index (χ1n) is 8.95. The van der Waals surface area contributed by atoms with Gasteiger partial charge in [-0.1, -0.05) is 23.4 Å². The largest absolute Gasteiger partial charge is 0.484 e. The third kappa shape index (κ3) is 4.46. The van der Waals surface area contributed by atoms with Crippen LogP contribution in [0, 0.1) is 0 Å². The van der Waals surface area contributed by atoms with Crippen LogP contribution in [0.3, 0.4) is 0 Å². The quantitative estimate of drug-likeness (QED) is 0.577. The number of hydrogen-bond donors (Lipinski definition) is 0. The zero-order chi connectivity index (χ0) is 20.4. The van der Waals surface area contributed by atoms with Gasteiger partial charge in [0, 0.05) is 28.3 Å². The first kappa shape index (κ1) is 19.5. The van der Waals surface area contributed by atoms with Gasteiger partial charge in [0.15, 0.2) is 11.8 Å². The molecule has 2 aromatic carbocycles. The molecule has 0 fully saturated rings. The van der Waals surface area contributed by atoms with E-state index in [2.05, 4.69) is 4.99 Å². The molecule has 0 spiro atoms. The van der Waals surface area contributed by atoms with E-state index < -0.39 is 5.63 Å². The molecule has 8 heteroatoms. The number of thioether (sulfide) groups is 1. The number of nitrogens with zero attached hydrogens (tertiary/aromatic N) is 2. The summed E-state index contributed by atoms with van der Waals surface area (Å²) in [5.41, 5.74) is 0.638. The molecule has 2 heterocycles. The van der Waals surface area contributed by atoms with E-state index in [-0.39, 0.29) is 18.6 Å². The highest BCUT2D eigenvalue weighted by Gasteiger charge is 2.27. The predicted octanol–water partition coefficient (Wildman–Crippen LogP) is 4.35. The number of carbonyl (C=O) groups is 1. The van der Waals surface area contributed by atoms with Gasteiger partial charge in [0.2, 0.25) is 0 Å². The average molecular weight is 429 g/mol. The average Bonchev–Trinajstić information content (AvgIpc) is 3.13. The molecule has 1 aliphatic heterocycles. The van der Waals surface area contributed by atoms with E-state index in [9.17, 15) is 9.59 Å². The SMILES string of the molecule is C[C@@H]1CSC(N(C(=O)COc2ccc3ccc(=O)oc3c2)c2ccc(Cl)cc2)=N1. The van der Waals surface area contributed by atoms with E-state index in [0.717, 1.165) is 11.1 Å². The maximum Gasteiger partial charge on any atom is 0.336 e. The fourth-order valence-corrected chi connectivity index (χ4v) is 4.05. The van der Waals surface area contributed by atoms with Crippen LogP contribution in [0.1, 0.15) is 6.92 Å². The summed E-state index contributed by atoms with van der Waals surface area (Å²) in [6.07, 6.45) is 0. The smallest absolute Gasteiger partial charge is 0.336 e. The van der Waals surface area contributed by atoms with Gasteiger partial charge in [-0.25, -0.2) is 4.79 Å². The Morgan fingerprint density at radius 3 is 2.72 bits per heavy atom. The standard InChI is InChI=1S/C21H17ClN2O4S/c1-13-12-29-21(23-13)24(16-6-4-15(22)5-7-16)19(25)11-27-17-8-2-14-3-9-20(26)28-18(14)10-17/h2-10,13H,11-12H2,1H3/t13-/m1/s1. The van der Waals surface area contributed by atoms with Crippen molar-refractivity contribution in [3.63, 3.8) is 0 Å². The first-order chi connectivity index (χ1) is 14.0. The van der Waals surface area contributed by atoms with Crippen molar-refractivity contribution in [3.05, 3.63) is 70.0 Å². The number of aliphatic imine (C=N–C) groups is 1. The number of ether oxygens (including phenoxy) is 1. The number of anilines is 1. The zero-order valence-corrected chi connectivity index (χ0v) is 17.1. The van der Waals surface area contributed by atoms with Crippen LogP contribution < -0.4 is 15.3 Å². The molecule has 29 heavy (non-hydrogen) atoms. The third-order valence-corrected chi connectivity index (χ3v) is 5.71. The van der Waals surface area contributed by atoms with Gasteiger partial charge < -0.3 is 9.15 Å². The van der Waals surface area contributed by atoms with Crippen LogP contribution >= 0.6 is 23.4 Å². The lowest BCUT2D eigenvalue weighted by molar-refractivity contribution is -0.119.